The van der Waals surface area contributed by atoms with E-state index in [1.807, 2.05) is 0 Å². The van der Waals surface area contributed by atoms with Crippen molar-refractivity contribution in [2.24, 2.45) is 0 Å². The maximum absolute atomic E-state index is 13.3. The van der Waals surface area contributed by atoms with Gasteiger partial charge in [0.25, 0.3) is 0 Å². The van der Waals surface area contributed by atoms with Gasteiger partial charge in [-0.05, 0) is 24.3 Å². The first-order valence-corrected chi connectivity index (χ1v) is 9.07. The summed E-state index contributed by atoms with van der Waals surface area (Å²) in [7, 11) is -4.06. The van der Waals surface area contributed by atoms with Gasteiger partial charge in [0.05, 0.1) is 24.2 Å². The number of ether oxygens (including phenoxy) is 2. The Kier molecular flexibility index (Phi) is 5.26. The number of nitrogens with one attached hydrogen (secondary N) is 1. The summed E-state index contributed by atoms with van der Waals surface area (Å²) in [4.78, 5) is 3.68. The number of benzene rings is 1. The Hall–Kier alpha value is -2.10. The lowest BCUT2D eigenvalue weighted by atomic mass is 10.1. The predicted molar refractivity (Wildman–Crippen MR) is 84.6 cm³/mol. The average molecular weight is 370 g/mol. The van der Waals surface area contributed by atoms with Gasteiger partial charge < -0.3 is 9.47 Å². The fraction of sp³-hybridized carbons (Fsp3) is 0.312. The van der Waals surface area contributed by atoms with Gasteiger partial charge in [-0.15, -0.1) is 0 Å². The molecule has 1 N–H and O–H groups in total. The van der Waals surface area contributed by atoms with Crippen molar-refractivity contribution in [3.05, 3.63) is 54.2 Å². The Balaban J connectivity index is 1.77. The molecular formula is C16H16F2N2O4S. The second-order valence-electron chi connectivity index (χ2n) is 5.49. The molecule has 0 spiro atoms. The minimum absolute atomic E-state index is 0.0976. The first-order valence-electron chi connectivity index (χ1n) is 7.58. The highest BCUT2D eigenvalue weighted by Crippen LogP contribution is 2.19. The zero-order valence-corrected chi connectivity index (χ0v) is 13.9. The van der Waals surface area contributed by atoms with Crippen molar-refractivity contribution in [1.82, 2.24) is 9.71 Å². The Morgan fingerprint density at radius 1 is 1.20 bits per heavy atom. The predicted octanol–water partition coefficient (Wildman–Crippen LogP) is 1.87. The molecule has 2 unspecified atom stereocenters. The van der Waals surface area contributed by atoms with E-state index >= 15 is 0 Å². The van der Waals surface area contributed by atoms with Crippen molar-refractivity contribution in [1.29, 1.82) is 0 Å². The molecule has 0 aliphatic carbocycles. The van der Waals surface area contributed by atoms with E-state index in [1.165, 1.54) is 0 Å². The van der Waals surface area contributed by atoms with Crippen molar-refractivity contribution < 1.29 is 26.7 Å². The van der Waals surface area contributed by atoms with Crippen LogP contribution in [0.25, 0.3) is 0 Å². The van der Waals surface area contributed by atoms with Crippen LogP contribution in [-0.2, 0) is 14.8 Å². The maximum atomic E-state index is 13.3. The van der Waals surface area contributed by atoms with Gasteiger partial charge in [-0.3, -0.25) is 0 Å². The topological polar surface area (TPSA) is 77.5 Å². The van der Waals surface area contributed by atoms with Crippen LogP contribution in [-0.4, -0.2) is 38.8 Å². The third-order valence-electron chi connectivity index (χ3n) is 3.71. The molecule has 6 nitrogen and oxygen atoms in total. The van der Waals surface area contributed by atoms with E-state index in [9.17, 15) is 17.2 Å². The molecule has 0 amide bonds. The van der Waals surface area contributed by atoms with E-state index in [2.05, 4.69) is 9.71 Å². The molecule has 0 bridgehead atoms. The number of pyridine rings is 1. The summed E-state index contributed by atoms with van der Waals surface area (Å²) in [6.07, 6.45) is 1.53. The lowest BCUT2D eigenvalue weighted by molar-refractivity contribution is 0.00150. The minimum Gasteiger partial charge on any atom is -0.472 e. The third-order valence-corrected chi connectivity index (χ3v) is 5.20. The lowest BCUT2D eigenvalue weighted by Crippen LogP contribution is -2.51. The zero-order valence-electron chi connectivity index (χ0n) is 13.1. The van der Waals surface area contributed by atoms with Gasteiger partial charge >= 0.3 is 0 Å². The van der Waals surface area contributed by atoms with Crippen LogP contribution in [0.2, 0.25) is 0 Å². The first kappa shape index (κ1) is 17.7. The van der Waals surface area contributed by atoms with Gasteiger partial charge in [-0.2, -0.15) is 0 Å². The van der Waals surface area contributed by atoms with E-state index in [0.717, 1.165) is 12.1 Å². The molecule has 1 fully saturated rings. The van der Waals surface area contributed by atoms with Gasteiger partial charge in [0, 0.05) is 18.7 Å². The molecule has 2 aromatic rings. The molecule has 25 heavy (non-hydrogen) atoms. The van der Waals surface area contributed by atoms with Crippen molar-refractivity contribution in [2.45, 2.75) is 23.5 Å². The van der Waals surface area contributed by atoms with E-state index in [4.69, 9.17) is 9.47 Å². The monoisotopic (exact) mass is 370 g/mol. The lowest BCUT2D eigenvalue weighted by Gasteiger charge is -2.31. The summed E-state index contributed by atoms with van der Waals surface area (Å²) in [6.45, 7) is 0.515. The number of sulfonamides is 1. The molecule has 2 atom stereocenters. The molecule has 0 radical (unpaired) electrons. The van der Waals surface area contributed by atoms with Crippen LogP contribution in [0.5, 0.6) is 5.88 Å². The van der Waals surface area contributed by atoms with Gasteiger partial charge in [-0.1, -0.05) is 6.07 Å². The summed E-state index contributed by atoms with van der Waals surface area (Å²) in [5, 5.41) is 0. The average Bonchev–Trinajstić information content (AvgIpc) is 2.60. The van der Waals surface area contributed by atoms with Crippen LogP contribution in [0.15, 0.2) is 47.5 Å². The fourth-order valence-corrected chi connectivity index (χ4v) is 3.71. The highest BCUT2D eigenvalue weighted by molar-refractivity contribution is 7.89. The van der Waals surface area contributed by atoms with Crippen LogP contribution in [0.1, 0.15) is 6.42 Å². The fourth-order valence-electron chi connectivity index (χ4n) is 2.45. The van der Waals surface area contributed by atoms with Gasteiger partial charge in [0.2, 0.25) is 15.9 Å². The van der Waals surface area contributed by atoms with Crippen LogP contribution < -0.4 is 9.46 Å². The zero-order chi connectivity index (χ0) is 17.9. The van der Waals surface area contributed by atoms with Crippen molar-refractivity contribution in [2.75, 3.05) is 13.2 Å². The summed E-state index contributed by atoms with van der Waals surface area (Å²) in [5.74, 6) is -1.98. The van der Waals surface area contributed by atoms with E-state index < -0.39 is 33.8 Å². The van der Waals surface area contributed by atoms with Gasteiger partial charge in [-0.25, -0.2) is 26.9 Å². The van der Waals surface area contributed by atoms with Crippen molar-refractivity contribution in [3.8, 4) is 5.88 Å². The Bertz CT molecular complexity index is 833. The molecule has 1 saturated heterocycles. The van der Waals surface area contributed by atoms with Gasteiger partial charge in [0.15, 0.2) is 11.6 Å². The molecule has 1 aromatic carbocycles. The summed E-state index contributed by atoms with van der Waals surface area (Å²) >= 11 is 0. The molecule has 0 saturated carbocycles. The van der Waals surface area contributed by atoms with Crippen LogP contribution in [0.3, 0.4) is 0 Å². The Morgan fingerprint density at radius 2 is 2.04 bits per heavy atom. The smallest absolute Gasteiger partial charge is 0.241 e. The van der Waals surface area contributed by atoms with Crippen LogP contribution >= 0.6 is 0 Å². The number of nitrogens with zero attached hydrogens (tertiary/aromatic N) is 1. The van der Waals surface area contributed by atoms with E-state index in [1.54, 1.807) is 24.4 Å². The van der Waals surface area contributed by atoms with E-state index in [-0.39, 0.29) is 11.5 Å². The summed E-state index contributed by atoms with van der Waals surface area (Å²) in [5.41, 5.74) is 0. The molecular weight excluding hydrogens is 354 g/mol. The molecule has 2 heterocycles. The quantitative estimate of drug-likeness (QED) is 0.870. The summed E-state index contributed by atoms with van der Waals surface area (Å²) in [6, 6.07) is 6.87. The molecule has 134 valence electrons. The summed E-state index contributed by atoms with van der Waals surface area (Å²) < 4.78 is 64.7. The number of hydrogen-bond acceptors (Lipinski definition) is 5. The molecule has 3 rings (SSSR count). The molecule has 1 aliphatic rings. The van der Waals surface area contributed by atoms with Crippen LogP contribution in [0, 0.1) is 11.6 Å². The van der Waals surface area contributed by atoms with Crippen molar-refractivity contribution >= 4 is 10.0 Å². The van der Waals surface area contributed by atoms with E-state index in [0.29, 0.717) is 25.0 Å². The normalized spacial score (nSPS) is 21.0. The standard InChI is InChI=1S/C16H16F2N2O4S/c17-12-5-4-11(9-13(12)18)25(21,22)20-14-10-23-8-6-15(14)24-16-3-1-2-7-19-16/h1-5,7,9,14-15,20H,6,8,10H2. The highest BCUT2D eigenvalue weighted by Gasteiger charge is 2.32. The number of halogens is 2. The van der Waals surface area contributed by atoms with Gasteiger partial charge in [0.1, 0.15) is 6.10 Å². The molecule has 1 aromatic heterocycles. The molecule has 9 heteroatoms. The largest absolute Gasteiger partial charge is 0.472 e. The second-order valence-corrected chi connectivity index (χ2v) is 7.21. The maximum Gasteiger partial charge on any atom is 0.241 e. The number of rotatable bonds is 5. The van der Waals surface area contributed by atoms with Crippen molar-refractivity contribution in [3.63, 3.8) is 0 Å². The number of hydrogen-bond donors (Lipinski definition) is 1. The second kappa shape index (κ2) is 7.42. The Morgan fingerprint density at radius 3 is 2.76 bits per heavy atom. The minimum atomic E-state index is -4.06. The SMILES string of the molecule is O=S(=O)(NC1COCCC1Oc1ccccn1)c1ccc(F)c(F)c1. The Labute approximate surface area is 143 Å². The third kappa shape index (κ3) is 4.30. The number of aromatic nitrogens is 1. The first-order chi connectivity index (χ1) is 12.0. The highest BCUT2D eigenvalue weighted by atomic mass is 32.2. The molecule has 1 aliphatic heterocycles. The van der Waals surface area contributed by atoms with Crippen LogP contribution in [0.4, 0.5) is 8.78 Å².